The molecule has 1 aliphatic heterocycles. The summed E-state index contributed by atoms with van der Waals surface area (Å²) in [4.78, 5) is 31.2. The number of anilines is 3. The van der Waals surface area contributed by atoms with Crippen LogP contribution in [0.3, 0.4) is 0 Å². The van der Waals surface area contributed by atoms with E-state index < -0.39 is 11.6 Å². The first-order chi connectivity index (χ1) is 19.9. The molecule has 2 aromatic carbocycles. The van der Waals surface area contributed by atoms with Crippen LogP contribution in [0.2, 0.25) is 0 Å². The van der Waals surface area contributed by atoms with Crippen molar-refractivity contribution in [2.24, 2.45) is 0 Å². The third-order valence-corrected chi connectivity index (χ3v) is 7.86. The van der Waals surface area contributed by atoms with Crippen LogP contribution in [0, 0.1) is 11.6 Å². The fourth-order valence-electron chi connectivity index (χ4n) is 4.89. The Labute approximate surface area is 239 Å². The van der Waals surface area contributed by atoms with Gasteiger partial charge >= 0.3 is 6.03 Å². The number of aromatic nitrogens is 4. The zero-order chi connectivity index (χ0) is 28.5. The highest BCUT2D eigenvalue weighted by atomic mass is 32.1. The number of hydrogen-bond acceptors (Lipinski definition) is 7. The molecule has 3 aromatic heterocycles. The zero-order valence-corrected chi connectivity index (χ0v) is 23.3. The van der Waals surface area contributed by atoms with E-state index in [9.17, 15) is 13.6 Å². The first-order valence-corrected chi connectivity index (χ1v) is 14.1. The number of carbonyl (C=O) groups is 1. The van der Waals surface area contributed by atoms with Gasteiger partial charge in [0.15, 0.2) is 16.6 Å². The minimum atomic E-state index is -0.933. The first kappa shape index (κ1) is 26.6. The second kappa shape index (κ2) is 11.1. The number of hydrogen-bond donors (Lipinski definition) is 2. The fraction of sp³-hybridized carbons (Fsp3) is 0.241. The van der Waals surface area contributed by atoms with Gasteiger partial charge in [-0.25, -0.2) is 28.5 Å². The van der Waals surface area contributed by atoms with Crippen molar-refractivity contribution in [3.05, 3.63) is 77.9 Å². The summed E-state index contributed by atoms with van der Waals surface area (Å²) in [6.45, 7) is 1.19. The van der Waals surface area contributed by atoms with Crippen molar-refractivity contribution < 1.29 is 13.6 Å². The summed E-state index contributed by atoms with van der Waals surface area (Å²) in [6.07, 6.45) is 5.01. The highest BCUT2D eigenvalue weighted by molar-refractivity contribution is 7.15. The molecule has 9 nitrogen and oxygen atoms in total. The topological polar surface area (TPSA) is 90.7 Å². The van der Waals surface area contributed by atoms with E-state index in [1.54, 1.807) is 12.3 Å². The van der Waals surface area contributed by atoms with Gasteiger partial charge in [0.05, 0.1) is 11.4 Å². The van der Waals surface area contributed by atoms with Gasteiger partial charge in [-0.1, -0.05) is 0 Å². The van der Waals surface area contributed by atoms with Gasteiger partial charge in [-0.2, -0.15) is 0 Å². The monoisotopic (exact) mass is 574 g/mol. The third kappa shape index (κ3) is 5.55. The van der Waals surface area contributed by atoms with Gasteiger partial charge in [-0.15, -0.1) is 11.3 Å². The minimum absolute atomic E-state index is 0.0888. The third-order valence-electron chi connectivity index (χ3n) is 7.10. The number of carbonyl (C=O) groups excluding carboxylic acids is 1. The quantitative estimate of drug-likeness (QED) is 0.260. The van der Waals surface area contributed by atoms with E-state index in [2.05, 4.69) is 20.6 Å². The van der Waals surface area contributed by atoms with Crippen LogP contribution in [0.25, 0.3) is 27.6 Å². The lowest BCUT2D eigenvalue weighted by Crippen LogP contribution is -2.44. The average Bonchev–Trinajstić information content (AvgIpc) is 3.57. The van der Waals surface area contributed by atoms with Crippen LogP contribution < -0.4 is 15.5 Å². The largest absolute Gasteiger partial charge is 0.378 e. The Hall–Kier alpha value is -4.58. The summed E-state index contributed by atoms with van der Waals surface area (Å²) in [6, 6.07) is 13.2. The molecule has 41 heavy (non-hydrogen) atoms. The second-order valence-corrected chi connectivity index (χ2v) is 10.9. The van der Waals surface area contributed by atoms with Crippen LogP contribution in [-0.4, -0.2) is 63.5 Å². The Kier molecular flexibility index (Phi) is 7.23. The Balaban J connectivity index is 1.14. The number of piperidine rings is 1. The summed E-state index contributed by atoms with van der Waals surface area (Å²) in [5.41, 5.74) is 4.06. The molecule has 0 bridgehead atoms. The van der Waals surface area contributed by atoms with E-state index in [4.69, 9.17) is 4.98 Å². The molecule has 2 amide bonds. The number of urea groups is 1. The summed E-state index contributed by atoms with van der Waals surface area (Å²) >= 11 is 1.44. The Morgan fingerprint density at radius 1 is 1.02 bits per heavy atom. The van der Waals surface area contributed by atoms with Crippen molar-refractivity contribution in [2.75, 3.05) is 42.7 Å². The molecular weight excluding hydrogens is 546 g/mol. The number of rotatable bonds is 6. The molecule has 1 fully saturated rings. The van der Waals surface area contributed by atoms with Crippen LogP contribution in [0.15, 0.2) is 66.3 Å². The van der Waals surface area contributed by atoms with Crippen LogP contribution >= 0.6 is 11.3 Å². The lowest BCUT2D eigenvalue weighted by atomic mass is 10.1. The Bertz CT molecular complexity index is 1690. The second-order valence-electron chi connectivity index (χ2n) is 10.0. The van der Waals surface area contributed by atoms with Gasteiger partial charge in [0.1, 0.15) is 5.69 Å². The van der Waals surface area contributed by atoms with Crippen LogP contribution in [-0.2, 0) is 0 Å². The summed E-state index contributed by atoms with van der Waals surface area (Å²) in [5.74, 6) is -1.39. The highest BCUT2D eigenvalue weighted by Crippen LogP contribution is 2.34. The van der Waals surface area contributed by atoms with E-state index in [1.165, 1.54) is 17.4 Å². The van der Waals surface area contributed by atoms with Gasteiger partial charge in [0.2, 0.25) is 5.95 Å². The Morgan fingerprint density at radius 3 is 2.54 bits per heavy atom. The van der Waals surface area contributed by atoms with Crippen molar-refractivity contribution in [3.63, 3.8) is 0 Å². The molecule has 1 aliphatic rings. The number of fused-ring (bicyclic) bond motifs is 1. The van der Waals surface area contributed by atoms with Gasteiger partial charge < -0.3 is 20.4 Å². The maximum absolute atomic E-state index is 14.1. The molecule has 0 unspecified atom stereocenters. The molecule has 1 saturated heterocycles. The van der Waals surface area contributed by atoms with Crippen LogP contribution in [0.4, 0.5) is 30.9 Å². The minimum Gasteiger partial charge on any atom is -0.378 e. The summed E-state index contributed by atoms with van der Waals surface area (Å²) < 4.78 is 29.6. The smallest absolute Gasteiger partial charge is 0.321 e. The molecular formula is C29H28F2N8OS. The van der Waals surface area contributed by atoms with Crippen LogP contribution in [0.5, 0.6) is 0 Å². The fourth-order valence-corrected chi connectivity index (χ4v) is 5.60. The standard InChI is InChI=1S/C29H28F2N8OS/c1-37(2)21-6-4-19(5-7-21)34-28(40)38-13-10-20(11-14-38)33-27-32-12-9-24(35-27)26-25(36-29-39(26)15-16-41-29)18-3-8-22(30)23(31)17-18/h3-9,12,15-17,20H,10-11,13-14H2,1-2H3,(H,34,40)(H,32,33,35). The molecule has 12 heteroatoms. The highest BCUT2D eigenvalue weighted by Gasteiger charge is 2.24. The molecule has 0 spiro atoms. The number of halogens is 2. The molecule has 0 saturated carbocycles. The van der Waals surface area contributed by atoms with Gasteiger partial charge in [-0.3, -0.25) is 4.40 Å². The number of benzene rings is 2. The average molecular weight is 575 g/mol. The SMILES string of the molecule is CN(C)c1ccc(NC(=O)N2CCC(Nc3nccc(-c4c(-c5ccc(F)c(F)c5)nc5sccn45)n3)CC2)cc1. The van der Waals surface area contributed by atoms with Crippen molar-refractivity contribution in [1.29, 1.82) is 0 Å². The molecule has 210 valence electrons. The molecule has 4 heterocycles. The first-order valence-electron chi connectivity index (χ1n) is 13.2. The van der Waals surface area contributed by atoms with Crippen molar-refractivity contribution in [2.45, 2.75) is 18.9 Å². The predicted octanol–water partition coefficient (Wildman–Crippen LogP) is 5.97. The normalized spacial score (nSPS) is 13.9. The maximum Gasteiger partial charge on any atom is 0.321 e. The molecule has 0 atom stereocenters. The number of nitrogens with one attached hydrogen (secondary N) is 2. The molecule has 0 aliphatic carbocycles. The zero-order valence-electron chi connectivity index (χ0n) is 22.5. The van der Waals surface area contributed by atoms with Gasteiger partial charge in [0.25, 0.3) is 0 Å². The lowest BCUT2D eigenvalue weighted by molar-refractivity contribution is 0.197. The van der Waals surface area contributed by atoms with E-state index in [0.29, 0.717) is 46.6 Å². The number of thiazole rings is 1. The molecule has 6 rings (SSSR count). The van der Waals surface area contributed by atoms with Gasteiger partial charge in [-0.05, 0) is 61.4 Å². The molecule has 5 aromatic rings. The number of nitrogens with zero attached hydrogens (tertiary/aromatic N) is 6. The Morgan fingerprint density at radius 2 is 1.80 bits per heavy atom. The van der Waals surface area contributed by atoms with E-state index >= 15 is 0 Å². The maximum atomic E-state index is 14.1. The summed E-state index contributed by atoms with van der Waals surface area (Å²) in [7, 11) is 3.95. The van der Waals surface area contributed by atoms with Crippen molar-refractivity contribution >= 4 is 39.7 Å². The van der Waals surface area contributed by atoms with E-state index in [1.807, 2.05) is 64.1 Å². The lowest BCUT2D eigenvalue weighted by Gasteiger charge is -2.32. The number of imidazole rings is 1. The van der Waals surface area contributed by atoms with Crippen molar-refractivity contribution in [3.8, 4) is 22.6 Å². The summed E-state index contributed by atoms with van der Waals surface area (Å²) in [5, 5.41) is 8.29. The molecule has 2 N–H and O–H groups in total. The predicted molar refractivity (Wildman–Crippen MR) is 157 cm³/mol. The van der Waals surface area contributed by atoms with E-state index in [-0.39, 0.29) is 12.1 Å². The van der Waals surface area contributed by atoms with Crippen molar-refractivity contribution in [1.82, 2.24) is 24.3 Å². The number of likely N-dealkylation sites (tertiary alicyclic amines) is 1. The van der Waals surface area contributed by atoms with Gasteiger partial charge in [0, 0.05) is 67.9 Å². The van der Waals surface area contributed by atoms with E-state index in [0.717, 1.165) is 36.3 Å². The number of amides is 2. The van der Waals surface area contributed by atoms with Crippen LogP contribution in [0.1, 0.15) is 12.8 Å². The molecule has 0 radical (unpaired) electrons.